The molecule has 0 aromatic heterocycles. The van der Waals surface area contributed by atoms with E-state index in [-0.39, 0.29) is 18.5 Å². The van der Waals surface area contributed by atoms with E-state index in [1.807, 2.05) is 0 Å². The van der Waals surface area contributed by atoms with Crippen molar-refractivity contribution in [3.05, 3.63) is 0 Å². The van der Waals surface area contributed by atoms with Gasteiger partial charge in [-0.3, -0.25) is 0 Å². The second-order valence-electron chi connectivity index (χ2n) is 1.04. The second-order valence-corrected chi connectivity index (χ2v) is 1.69. The highest BCUT2D eigenvalue weighted by Crippen LogP contribution is 1.84. The van der Waals surface area contributed by atoms with E-state index in [1.165, 1.54) is 0 Å². The minimum Gasteiger partial charge on any atom is -0.391 e. The third-order valence-electron chi connectivity index (χ3n) is 0.450. The normalized spacial score (nSPS) is 12.4. The number of hydrogen-bond donors (Lipinski definition) is 2. The van der Waals surface area contributed by atoms with Gasteiger partial charge in [0.05, 0.1) is 6.10 Å². The SMILES string of the molecule is Cl.NC[C@H](O)CBr. The van der Waals surface area contributed by atoms with Crippen molar-refractivity contribution < 1.29 is 5.11 Å². The van der Waals surface area contributed by atoms with Crippen LogP contribution in [0.5, 0.6) is 0 Å². The van der Waals surface area contributed by atoms with Crippen molar-refractivity contribution in [1.82, 2.24) is 0 Å². The molecule has 0 aliphatic heterocycles. The molecule has 1 atom stereocenters. The molecule has 7 heavy (non-hydrogen) atoms. The van der Waals surface area contributed by atoms with Crippen LogP contribution in [0.2, 0.25) is 0 Å². The van der Waals surface area contributed by atoms with E-state index >= 15 is 0 Å². The second kappa shape index (κ2) is 6.69. The first-order chi connectivity index (χ1) is 2.81. The summed E-state index contributed by atoms with van der Waals surface area (Å²) in [5, 5.41) is 9.07. The first-order valence-corrected chi connectivity index (χ1v) is 2.87. The fraction of sp³-hybridized carbons (Fsp3) is 1.00. The quantitative estimate of drug-likeness (QED) is 0.608. The van der Waals surface area contributed by atoms with E-state index in [0.29, 0.717) is 11.9 Å². The summed E-state index contributed by atoms with van der Waals surface area (Å²) in [7, 11) is 0. The molecule has 0 spiro atoms. The Hall–Kier alpha value is 0.690. The average molecular weight is 190 g/mol. The third-order valence-corrected chi connectivity index (χ3v) is 1.20. The zero-order chi connectivity index (χ0) is 4.99. The summed E-state index contributed by atoms with van der Waals surface area (Å²) in [5.41, 5.74) is 5.00. The lowest BCUT2D eigenvalue weighted by Crippen LogP contribution is -2.20. The van der Waals surface area contributed by atoms with Crippen molar-refractivity contribution in [3.63, 3.8) is 0 Å². The van der Waals surface area contributed by atoms with Crippen LogP contribution in [0.15, 0.2) is 0 Å². The van der Waals surface area contributed by atoms with Crippen LogP contribution in [-0.2, 0) is 0 Å². The number of halogens is 2. The summed E-state index contributed by atoms with van der Waals surface area (Å²) in [5.74, 6) is 0. The van der Waals surface area contributed by atoms with Gasteiger partial charge in [-0.2, -0.15) is 0 Å². The highest BCUT2D eigenvalue weighted by molar-refractivity contribution is 9.09. The molecule has 0 aliphatic carbocycles. The summed E-state index contributed by atoms with van der Waals surface area (Å²) in [6.07, 6.45) is -0.370. The van der Waals surface area contributed by atoms with Crippen LogP contribution in [-0.4, -0.2) is 23.1 Å². The number of aliphatic hydroxyl groups excluding tert-OH is 1. The van der Waals surface area contributed by atoms with Crippen LogP contribution in [0.4, 0.5) is 0 Å². The maximum atomic E-state index is 8.49. The van der Waals surface area contributed by atoms with Crippen molar-refractivity contribution in [2.45, 2.75) is 6.10 Å². The molecule has 3 N–H and O–H groups in total. The molecule has 0 aromatic carbocycles. The van der Waals surface area contributed by atoms with Gasteiger partial charge in [0.15, 0.2) is 0 Å². The van der Waals surface area contributed by atoms with Gasteiger partial charge in [0.2, 0.25) is 0 Å². The van der Waals surface area contributed by atoms with Crippen LogP contribution >= 0.6 is 28.3 Å². The molecule has 46 valence electrons. The highest BCUT2D eigenvalue weighted by atomic mass is 79.9. The van der Waals surface area contributed by atoms with Gasteiger partial charge in [0, 0.05) is 11.9 Å². The molecule has 0 unspecified atom stereocenters. The molecule has 2 nitrogen and oxygen atoms in total. The Balaban J connectivity index is 0. The van der Waals surface area contributed by atoms with Crippen molar-refractivity contribution in [3.8, 4) is 0 Å². The standard InChI is InChI=1S/C3H8BrNO.ClH/c4-1-3(6)2-5;/h3,6H,1-2,5H2;1H/t3-;/m1./s1. The van der Waals surface area contributed by atoms with E-state index in [2.05, 4.69) is 15.9 Å². The lowest BCUT2D eigenvalue weighted by molar-refractivity contribution is 0.209. The lowest BCUT2D eigenvalue weighted by Gasteiger charge is -1.97. The Morgan fingerprint density at radius 1 is 1.71 bits per heavy atom. The van der Waals surface area contributed by atoms with Crippen molar-refractivity contribution in [2.75, 3.05) is 11.9 Å². The van der Waals surface area contributed by atoms with Gasteiger partial charge >= 0.3 is 0 Å². The third kappa shape index (κ3) is 6.69. The van der Waals surface area contributed by atoms with Gasteiger partial charge in [-0.25, -0.2) is 0 Å². The molecule has 0 aliphatic rings. The summed E-state index contributed by atoms with van der Waals surface area (Å²) < 4.78 is 0. The summed E-state index contributed by atoms with van der Waals surface area (Å²) in [6, 6.07) is 0. The smallest absolute Gasteiger partial charge is 0.0759 e. The van der Waals surface area contributed by atoms with Crippen molar-refractivity contribution in [2.24, 2.45) is 5.73 Å². The number of hydrogen-bond acceptors (Lipinski definition) is 2. The van der Waals surface area contributed by atoms with Crippen LogP contribution in [0.25, 0.3) is 0 Å². The van der Waals surface area contributed by atoms with Gasteiger partial charge in [0.1, 0.15) is 0 Å². The maximum absolute atomic E-state index is 8.49. The number of nitrogens with two attached hydrogens (primary N) is 1. The highest BCUT2D eigenvalue weighted by Gasteiger charge is 1.92. The Kier molecular flexibility index (Phi) is 10.2. The van der Waals surface area contributed by atoms with Crippen LogP contribution in [0, 0.1) is 0 Å². The first-order valence-electron chi connectivity index (χ1n) is 1.75. The molecule has 0 aromatic rings. The fourth-order valence-corrected chi connectivity index (χ4v) is 0.327. The Morgan fingerprint density at radius 2 is 2.14 bits per heavy atom. The molecule has 0 heterocycles. The molecule has 0 fully saturated rings. The van der Waals surface area contributed by atoms with E-state index in [0.717, 1.165) is 0 Å². The number of alkyl halides is 1. The molecule has 0 saturated carbocycles. The predicted octanol–water partition coefficient (Wildman–Crippen LogP) is 0.123. The van der Waals surface area contributed by atoms with E-state index in [9.17, 15) is 0 Å². The largest absolute Gasteiger partial charge is 0.391 e. The maximum Gasteiger partial charge on any atom is 0.0759 e. The number of rotatable bonds is 2. The van der Waals surface area contributed by atoms with E-state index in [4.69, 9.17) is 10.8 Å². The minimum absolute atomic E-state index is 0. The van der Waals surface area contributed by atoms with Gasteiger partial charge in [-0.05, 0) is 0 Å². The zero-order valence-electron chi connectivity index (χ0n) is 3.80. The molecule has 0 amide bonds. The Labute approximate surface area is 57.6 Å². The molecular weight excluding hydrogens is 181 g/mol. The molecular formula is C3H9BrClNO. The monoisotopic (exact) mass is 189 g/mol. The topological polar surface area (TPSA) is 46.2 Å². The Bertz CT molecular complexity index is 34.1. The first kappa shape index (κ1) is 10.6. The van der Waals surface area contributed by atoms with Gasteiger partial charge in [-0.15, -0.1) is 12.4 Å². The molecule has 0 rings (SSSR count). The predicted molar refractivity (Wildman–Crippen MR) is 36.1 cm³/mol. The van der Waals surface area contributed by atoms with Gasteiger partial charge < -0.3 is 10.8 Å². The molecule has 0 radical (unpaired) electrons. The Morgan fingerprint density at radius 3 is 2.14 bits per heavy atom. The van der Waals surface area contributed by atoms with Crippen molar-refractivity contribution >= 4 is 28.3 Å². The summed E-state index contributed by atoms with van der Waals surface area (Å²) in [4.78, 5) is 0. The van der Waals surface area contributed by atoms with E-state index in [1.54, 1.807) is 0 Å². The van der Waals surface area contributed by atoms with Gasteiger partial charge in [0.25, 0.3) is 0 Å². The van der Waals surface area contributed by atoms with Gasteiger partial charge in [-0.1, -0.05) is 15.9 Å². The van der Waals surface area contributed by atoms with E-state index < -0.39 is 0 Å². The molecule has 0 saturated heterocycles. The summed E-state index contributed by atoms with van der Waals surface area (Å²) >= 11 is 3.04. The van der Waals surface area contributed by atoms with Crippen LogP contribution < -0.4 is 5.73 Å². The molecule has 0 bridgehead atoms. The summed E-state index contributed by atoms with van der Waals surface area (Å²) in [6.45, 7) is 0.339. The average Bonchev–Trinajstić information content (AvgIpc) is 1.65. The minimum atomic E-state index is -0.370. The van der Waals surface area contributed by atoms with Crippen LogP contribution in [0.1, 0.15) is 0 Å². The van der Waals surface area contributed by atoms with Crippen molar-refractivity contribution in [1.29, 1.82) is 0 Å². The number of aliphatic hydroxyl groups is 1. The zero-order valence-corrected chi connectivity index (χ0v) is 6.20. The van der Waals surface area contributed by atoms with Crippen LogP contribution in [0.3, 0.4) is 0 Å². The lowest BCUT2D eigenvalue weighted by atomic mass is 10.4. The molecule has 4 heteroatoms. The fourth-order valence-electron chi connectivity index (χ4n) is 0.0630.